The van der Waals surface area contributed by atoms with E-state index >= 15 is 0 Å². The number of nitrogens with zero attached hydrogens (tertiary/aromatic N) is 2. The van der Waals surface area contributed by atoms with Crippen LogP contribution < -0.4 is 10.6 Å². The van der Waals surface area contributed by atoms with Gasteiger partial charge >= 0.3 is 0 Å². The van der Waals surface area contributed by atoms with Crippen molar-refractivity contribution < 1.29 is 4.79 Å². The number of fused-ring (bicyclic) bond motifs is 1. The van der Waals surface area contributed by atoms with Crippen LogP contribution in [-0.2, 0) is 6.54 Å². The van der Waals surface area contributed by atoms with E-state index in [0.717, 1.165) is 16.6 Å². The summed E-state index contributed by atoms with van der Waals surface area (Å²) in [4.78, 5) is 23.7. The van der Waals surface area contributed by atoms with Gasteiger partial charge in [-0.15, -0.1) is 0 Å². The maximum Gasteiger partial charge on any atom is 0.252 e. The molecule has 0 atom stereocenters. The number of benzene rings is 1. The highest BCUT2D eigenvalue weighted by Gasteiger charge is 2.12. The Kier molecular flexibility index (Phi) is 3.51. The predicted octanol–water partition coefficient (Wildman–Crippen LogP) is 1.93. The molecule has 0 aliphatic rings. The average Bonchev–Trinajstić information content (AvgIpc) is 3.05. The lowest BCUT2D eigenvalue weighted by atomic mass is 10.1. The maximum absolute atomic E-state index is 12.4. The number of pyridine rings is 1. The molecule has 0 spiro atoms. The molecule has 2 heterocycles. The second-order valence-electron chi connectivity index (χ2n) is 4.58. The molecule has 6 heteroatoms. The molecular formula is C15H15N5O. The summed E-state index contributed by atoms with van der Waals surface area (Å²) in [5.74, 6) is 0.528. The summed E-state index contributed by atoms with van der Waals surface area (Å²) in [5, 5.41) is 6.69. The molecule has 0 saturated carbocycles. The minimum absolute atomic E-state index is 0.139. The van der Waals surface area contributed by atoms with Gasteiger partial charge in [0.15, 0.2) is 0 Å². The molecule has 1 amide bonds. The van der Waals surface area contributed by atoms with Crippen LogP contribution in [0.2, 0.25) is 0 Å². The van der Waals surface area contributed by atoms with Crippen LogP contribution in [0.5, 0.6) is 0 Å². The van der Waals surface area contributed by atoms with Gasteiger partial charge in [-0.05, 0) is 12.1 Å². The minimum atomic E-state index is -0.139. The van der Waals surface area contributed by atoms with Crippen molar-refractivity contribution in [2.45, 2.75) is 6.54 Å². The molecule has 2 aromatic heterocycles. The topological polar surface area (TPSA) is 82.7 Å². The summed E-state index contributed by atoms with van der Waals surface area (Å²) in [7, 11) is 1.78. The van der Waals surface area contributed by atoms with Crippen molar-refractivity contribution in [3.63, 3.8) is 0 Å². The standard InChI is InChI=1S/C15H15N5O/c1-16-14-6-12(11-4-2-3-5-13(11)20-14)15(21)18-8-10-7-17-9-19-10/h2-7,9H,8H2,1H3,(H,16,20)(H,17,19)(H,18,21). The summed E-state index contributed by atoms with van der Waals surface area (Å²) in [6, 6.07) is 9.34. The number of para-hydroxylation sites is 1. The van der Waals surface area contributed by atoms with Gasteiger partial charge < -0.3 is 15.6 Å². The van der Waals surface area contributed by atoms with Crippen molar-refractivity contribution in [2.24, 2.45) is 0 Å². The van der Waals surface area contributed by atoms with E-state index in [2.05, 4.69) is 25.6 Å². The van der Waals surface area contributed by atoms with Crippen molar-refractivity contribution >= 4 is 22.6 Å². The molecule has 0 unspecified atom stereocenters. The fraction of sp³-hybridized carbons (Fsp3) is 0.133. The third-order valence-corrected chi connectivity index (χ3v) is 3.21. The smallest absolute Gasteiger partial charge is 0.252 e. The summed E-state index contributed by atoms with van der Waals surface area (Å²) in [6.45, 7) is 0.407. The number of amides is 1. The number of H-pyrrole nitrogens is 1. The molecule has 6 nitrogen and oxygen atoms in total. The molecule has 0 radical (unpaired) electrons. The van der Waals surface area contributed by atoms with Crippen LogP contribution in [0.25, 0.3) is 10.9 Å². The van der Waals surface area contributed by atoms with Gasteiger partial charge in [0.1, 0.15) is 5.82 Å². The van der Waals surface area contributed by atoms with Crippen LogP contribution in [0.3, 0.4) is 0 Å². The number of aromatic amines is 1. The molecule has 21 heavy (non-hydrogen) atoms. The first-order valence-corrected chi connectivity index (χ1v) is 6.61. The number of imidazole rings is 1. The van der Waals surface area contributed by atoms with E-state index < -0.39 is 0 Å². The fourth-order valence-electron chi connectivity index (χ4n) is 2.14. The van der Waals surface area contributed by atoms with Gasteiger partial charge in [0, 0.05) is 18.6 Å². The Labute approximate surface area is 121 Å². The number of carbonyl (C=O) groups is 1. The van der Waals surface area contributed by atoms with E-state index in [1.165, 1.54) is 0 Å². The lowest BCUT2D eigenvalue weighted by molar-refractivity contribution is 0.0952. The van der Waals surface area contributed by atoms with Gasteiger partial charge in [0.2, 0.25) is 0 Å². The van der Waals surface area contributed by atoms with E-state index in [0.29, 0.717) is 17.9 Å². The van der Waals surface area contributed by atoms with Gasteiger partial charge in [-0.25, -0.2) is 9.97 Å². The molecular weight excluding hydrogens is 266 g/mol. The number of hydrogen-bond donors (Lipinski definition) is 3. The summed E-state index contributed by atoms with van der Waals surface area (Å²) >= 11 is 0. The molecule has 0 saturated heterocycles. The van der Waals surface area contributed by atoms with Crippen LogP contribution in [0.4, 0.5) is 5.82 Å². The Hall–Kier alpha value is -2.89. The Bertz CT molecular complexity index is 767. The van der Waals surface area contributed by atoms with Gasteiger partial charge in [0.25, 0.3) is 5.91 Å². The SMILES string of the molecule is CNc1cc(C(=O)NCc2cnc[nH]2)c2ccccc2n1. The van der Waals surface area contributed by atoms with Crippen LogP contribution >= 0.6 is 0 Å². The summed E-state index contributed by atoms with van der Waals surface area (Å²) in [6.07, 6.45) is 3.27. The van der Waals surface area contributed by atoms with Crippen LogP contribution in [0, 0.1) is 0 Å². The predicted molar refractivity (Wildman–Crippen MR) is 81.0 cm³/mol. The lowest BCUT2D eigenvalue weighted by Crippen LogP contribution is -2.23. The highest BCUT2D eigenvalue weighted by Crippen LogP contribution is 2.20. The zero-order valence-corrected chi connectivity index (χ0v) is 11.6. The van der Waals surface area contributed by atoms with E-state index in [1.807, 2.05) is 24.3 Å². The maximum atomic E-state index is 12.4. The molecule has 0 fully saturated rings. The van der Waals surface area contributed by atoms with Crippen LogP contribution in [0.15, 0.2) is 42.9 Å². The van der Waals surface area contributed by atoms with Gasteiger partial charge in [0.05, 0.1) is 29.6 Å². The first-order valence-electron chi connectivity index (χ1n) is 6.61. The number of aromatic nitrogens is 3. The second-order valence-corrected chi connectivity index (χ2v) is 4.58. The van der Waals surface area contributed by atoms with Crippen molar-refractivity contribution in [1.82, 2.24) is 20.3 Å². The van der Waals surface area contributed by atoms with Gasteiger partial charge in [-0.1, -0.05) is 18.2 Å². The molecule has 1 aromatic carbocycles. The summed E-state index contributed by atoms with van der Waals surface area (Å²) < 4.78 is 0. The zero-order chi connectivity index (χ0) is 14.7. The highest BCUT2D eigenvalue weighted by molar-refractivity contribution is 6.06. The molecule has 0 aliphatic carbocycles. The first kappa shape index (κ1) is 13.1. The minimum Gasteiger partial charge on any atom is -0.373 e. The Morgan fingerprint density at radius 3 is 2.95 bits per heavy atom. The normalized spacial score (nSPS) is 10.5. The zero-order valence-electron chi connectivity index (χ0n) is 11.6. The first-order chi connectivity index (χ1) is 10.3. The molecule has 106 valence electrons. The molecule has 0 aliphatic heterocycles. The monoisotopic (exact) mass is 281 g/mol. The molecule has 3 rings (SSSR count). The number of nitrogens with one attached hydrogen (secondary N) is 3. The van der Waals surface area contributed by atoms with E-state index in [4.69, 9.17) is 0 Å². The van der Waals surface area contributed by atoms with E-state index in [9.17, 15) is 4.79 Å². The van der Waals surface area contributed by atoms with E-state index in [1.54, 1.807) is 25.6 Å². The van der Waals surface area contributed by atoms with E-state index in [-0.39, 0.29) is 5.91 Å². The molecule has 3 aromatic rings. The molecule has 0 bridgehead atoms. The van der Waals surface area contributed by atoms with Crippen molar-refractivity contribution in [3.8, 4) is 0 Å². The van der Waals surface area contributed by atoms with Crippen molar-refractivity contribution in [1.29, 1.82) is 0 Å². The quantitative estimate of drug-likeness (QED) is 0.682. The van der Waals surface area contributed by atoms with Crippen LogP contribution in [0.1, 0.15) is 16.1 Å². The largest absolute Gasteiger partial charge is 0.373 e. The highest BCUT2D eigenvalue weighted by atomic mass is 16.1. The third kappa shape index (κ3) is 2.69. The average molecular weight is 281 g/mol. The third-order valence-electron chi connectivity index (χ3n) is 3.21. The number of carbonyl (C=O) groups excluding carboxylic acids is 1. The Morgan fingerprint density at radius 1 is 1.33 bits per heavy atom. The Balaban J connectivity index is 1.92. The lowest BCUT2D eigenvalue weighted by Gasteiger charge is -2.09. The summed E-state index contributed by atoms with van der Waals surface area (Å²) in [5.41, 5.74) is 2.25. The number of anilines is 1. The number of hydrogen-bond acceptors (Lipinski definition) is 4. The molecule has 3 N–H and O–H groups in total. The fourth-order valence-corrected chi connectivity index (χ4v) is 2.14. The second kappa shape index (κ2) is 5.62. The van der Waals surface area contributed by atoms with Gasteiger partial charge in [-0.3, -0.25) is 4.79 Å². The van der Waals surface area contributed by atoms with Crippen LogP contribution in [-0.4, -0.2) is 27.9 Å². The van der Waals surface area contributed by atoms with Gasteiger partial charge in [-0.2, -0.15) is 0 Å². The van der Waals surface area contributed by atoms with Crippen molar-refractivity contribution in [3.05, 3.63) is 54.1 Å². The number of rotatable bonds is 4. The van der Waals surface area contributed by atoms with Crippen molar-refractivity contribution in [2.75, 3.05) is 12.4 Å². The Morgan fingerprint density at radius 2 is 2.19 bits per heavy atom.